The van der Waals surface area contributed by atoms with Gasteiger partial charge in [0.05, 0.1) is 13.2 Å². The minimum atomic E-state index is 0.317. The van der Waals surface area contributed by atoms with Crippen LogP contribution in [0.5, 0.6) is 5.75 Å². The van der Waals surface area contributed by atoms with Gasteiger partial charge in [0.1, 0.15) is 11.5 Å². The number of aromatic nitrogens is 1. The van der Waals surface area contributed by atoms with Crippen molar-refractivity contribution in [1.82, 2.24) is 9.88 Å². The number of ketones is 1. The van der Waals surface area contributed by atoms with E-state index in [1.54, 1.807) is 14.0 Å². The van der Waals surface area contributed by atoms with E-state index in [-0.39, 0.29) is 0 Å². The van der Waals surface area contributed by atoms with Crippen LogP contribution in [0, 0.1) is 5.92 Å². The molecule has 2 aliphatic rings. The second kappa shape index (κ2) is 5.68. The molecule has 1 aromatic heterocycles. The van der Waals surface area contributed by atoms with Crippen LogP contribution in [-0.4, -0.2) is 35.9 Å². The molecule has 0 amide bonds. The van der Waals surface area contributed by atoms with E-state index in [0.717, 1.165) is 44.5 Å². The first-order chi connectivity index (χ1) is 11.2. The number of nitrogens with one attached hydrogen (secondary N) is 1. The highest BCUT2D eigenvalue weighted by atomic mass is 16.5. The van der Waals surface area contributed by atoms with Gasteiger partial charge < -0.3 is 14.5 Å². The summed E-state index contributed by atoms with van der Waals surface area (Å²) < 4.78 is 5.58. The molecule has 1 saturated heterocycles. The number of nitrogens with zero attached hydrogens (tertiary/aromatic N) is 1. The molecule has 1 fully saturated rings. The van der Waals surface area contributed by atoms with E-state index >= 15 is 0 Å². The maximum atomic E-state index is 11.5. The Balaban J connectivity index is 1.74. The number of Topliss-reactive ketones (excluding diaryl/α,β-unsaturated/α-hetero) is 1. The van der Waals surface area contributed by atoms with E-state index in [1.165, 1.54) is 22.2 Å². The lowest BCUT2D eigenvalue weighted by Crippen LogP contribution is -2.41. The Hall–Kier alpha value is -1.81. The van der Waals surface area contributed by atoms with Gasteiger partial charge in [0.2, 0.25) is 0 Å². The maximum Gasteiger partial charge on any atom is 0.130 e. The number of fused-ring (bicyclic) bond motifs is 5. The molecule has 0 spiro atoms. The average molecular weight is 312 g/mol. The van der Waals surface area contributed by atoms with Crippen molar-refractivity contribution in [2.75, 3.05) is 20.2 Å². The number of hydrogen-bond donors (Lipinski definition) is 1. The van der Waals surface area contributed by atoms with Gasteiger partial charge in [0.25, 0.3) is 0 Å². The van der Waals surface area contributed by atoms with Crippen LogP contribution in [0.15, 0.2) is 18.2 Å². The Bertz CT molecular complexity index is 749. The van der Waals surface area contributed by atoms with E-state index in [9.17, 15) is 4.79 Å². The van der Waals surface area contributed by atoms with Crippen LogP contribution in [0.2, 0.25) is 0 Å². The zero-order valence-electron chi connectivity index (χ0n) is 13.9. The highest BCUT2D eigenvalue weighted by molar-refractivity contribution is 5.91. The molecule has 3 heterocycles. The van der Waals surface area contributed by atoms with E-state index in [0.29, 0.717) is 17.7 Å². The van der Waals surface area contributed by atoms with Crippen molar-refractivity contribution < 1.29 is 9.53 Å². The molecule has 0 radical (unpaired) electrons. The van der Waals surface area contributed by atoms with Gasteiger partial charge in [-0.15, -0.1) is 0 Å². The predicted molar refractivity (Wildman–Crippen MR) is 90.9 cm³/mol. The molecule has 0 saturated carbocycles. The Morgan fingerprint density at radius 2 is 2.26 bits per heavy atom. The first kappa shape index (κ1) is 14.8. The molecule has 4 rings (SSSR count). The summed E-state index contributed by atoms with van der Waals surface area (Å²) in [7, 11) is 1.74. The fraction of sp³-hybridized carbons (Fsp3) is 0.526. The molecular formula is C19H24N2O2. The van der Waals surface area contributed by atoms with Gasteiger partial charge in [-0.05, 0) is 56.3 Å². The molecule has 2 atom stereocenters. The van der Waals surface area contributed by atoms with E-state index in [4.69, 9.17) is 4.74 Å². The molecule has 2 aromatic rings. The standard InChI is InChI=1S/C19H24N2O2/c1-12(22)10-13-6-8-21-9-7-14-18-15(4-3-5-17(18)23-2)20-19(14)16(21)11-13/h3-5,13,16,20H,6-11H2,1-2H3/t13?,16-/m0/s1. The molecular weight excluding hydrogens is 288 g/mol. The fourth-order valence-electron chi connectivity index (χ4n) is 4.52. The van der Waals surface area contributed by atoms with E-state index < -0.39 is 0 Å². The van der Waals surface area contributed by atoms with E-state index in [2.05, 4.69) is 16.0 Å². The van der Waals surface area contributed by atoms with Crippen molar-refractivity contribution in [2.45, 2.75) is 38.6 Å². The van der Waals surface area contributed by atoms with Gasteiger partial charge in [-0.2, -0.15) is 0 Å². The van der Waals surface area contributed by atoms with Gasteiger partial charge in [-0.25, -0.2) is 0 Å². The largest absolute Gasteiger partial charge is 0.496 e. The SMILES string of the molecule is COc1cccc2[nH]c3c(c12)CCN1CCC(CC(C)=O)C[C@@H]31. The molecule has 4 nitrogen and oxygen atoms in total. The molecule has 4 heteroatoms. The second-order valence-corrected chi connectivity index (χ2v) is 7.00. The Labute approximate surface area is 136 Å². The lowest BCUT2D eigenvalue weighted by Gasteiger charge is -2.42. The van der Waals surface area contributed by atoms with Crippen LogP contribution < -0.4 is 4.74 Å². The number of methoxy groups -OCH3 is 1. The van der Waals surface area contributed by atoms with Crippen LogP contribution in [-0.2, 0) is 11.2 Å². The number of ether oxygens (including phenoxy) is 1. The summed E-state index contributed by atoms with van der Waals surface area (Å²) >= 11 is 0. The van der Waals surface area contributed by atoms with Crippen molar-refractivity contribution in [3.05, 3.63) is 29.5 Å². The van der Waals surface area contributed by atoms with Crippen LogP contribution in [0.25, 0.3) is 10.9 Å². The zero-order chi connectivity index (χ0) is 16.0. The molecule has 0 aliphatic carbocycles. The smallest absolute Gasteiger partial charge is 0.130 e. The van der Waals surface area contributed by atoms with Gasteiger partial charge in [-0.1, -0.05) is 6.07 Å². The number of H-pyrrole nitrogens is 1. The minimum Gasteiger partial charge on any atom is -0.496 e. The number of carbonyl (C=O) groups excluding carboxylic acids is 1. The minimum absolute atomic E-state index is 0.317. The predicted octanol–water partition coefficient (Wildman–Crippen LogP) is 3.46. The summed E-state index contributed by atoms with van der Waals surface area (Å²) in [6.07, 6.45) is 4.03. The lowest BCUT2D eigenvalue weighted by atomic mass is 9.82. The number of carbonyl (C=O) groups is 1. The lowest BCUT2D eigenvalue weighted by molar-refractivity contribution is -0.118. The molecule has 122 valence electrons. The van der Waals surface area contributed by atoms with Gasteiger partial charge in [-0.3, -0.25) is 4.90 Å². The van der Waals surface area contributed by atoms with Crippen LogP contribution in [0.3, 0.4) is 0 Å². The van der Waals surface area contributed by atoms with Crippen LogP contribution in [0.4, 0.5) is 0 Å². The molecule has 23 heavy (non-hydrogen) atoms. The summed E-state index contributed by atoms with van der Waals surface area (Å²) in [6, 6.07) is 6.65. The van der Waals surface area contributed by atoms with Crippen molar-refractivity contribution in [1.29, 1.82) is 0 Å². The fourth-order valence-corrected chi connectivity index (χ4v) is 4.52. The number of rotatable bonds is 3. The second-order valence-electron chi connectivity index (χ2n) is 7.00. The highest BCUT2D eigenvalue weighted by Crippen LogP contribution is 2.43. The highest BCUT2D eigenvalue weighted by Gasteiger charge is 2.36. The Morgan fingerprint density at radius 3 is 3.04 bits per heavy atom. The topological polar surface area (TPSA) is 45.3 Å². The maximum absolute atomic E-state index is 11.5. The normalized spacial score (nSPS) is 24.3. The van der Waals surface area contributed by atoms with Gasteiger partial charge in [0, 0.05) is 29.6 Å². The van der Waals surface area contributed by atoms with Crippen molar-refractivity contribution >= 4 is 16.7 Å². The number of benzene rings is 1. The van der Waals surface area contributed by atoms with Gasteiger partial charge >= 0.3 is 0 Å². The van der Waals surface area contributed by atoms with Crippen LogP contribution in [0.1, 0.15) is 43.5 Å². The molecule has 1 unspecified atom stereocenters. The third-order valence-corrected chi connectivity index (χ3v) is 5.52. The molecule has 1 aromatic carbocycles. The molecule has 1 N–H and O–H groups in total. The summed E-state index contributed by atoms with van der Waals surface area (Å²) in [5.74, 6) is 1.80. The van der Waals surface area contributed by atoms with Crippen molar-refractivity contribution in [2.24, 2.45) is 5.92 Å². The molecule has 0 bridgehead atoms. The zero-order valence-corrected chi connectivity index (χ0v) is 13.9. The summed E-state index contributed by atoms with van der Waals surface area (Å²) in [4.78, 5) is 17.7. The third-order valence-electron chi connectivity index (χ3n) is 5.52. The van der Waals surface area contributed by atoms with Crippen LogP contribution >= 0.6 is 0 Å². The summed E-state index contributed by atoms with van der Waals surface area (Å²) in [5, 5.41) is 1.25. The third kappa shape index (κ3) is 2.45. The number of aromatic amines is 1. The number of piperidine rings is 1. The Kier molecular flexibility index (Phi) is 3.64. The number of hydrogen-bond acceptors (Lipinski definition) is 3. The van der Waals surface area contributed by atoms with Crippen molar-refractivity contribution in [3.63, 3.8) is 0 Å². The monoisotopic (exact) mass is 312 g/mol. The molecule has 2 aliphatic heterocycles. The quantitative estimate of drug-likeness (QED) is 0.944. The summed E-state index contributed by atoms with van der Waals surface area (Å²) in [6.45, 7) is 3.93. The first-order valence-electron chi connectivity index (χ1n) is 8.58. The van der Waals surface area contributed by atoms with Gasteiger partial charge in [0.15, 0.2) is 0 Å². The summed E-state index contributed by atoms with van der Waals surface area (Å²) in [5.41, 5.74) is 3.94. The average Bonchev–Trinajstić information content (AvgIpc) is 2.93. The van der Waals surface area contributed by atoms with Crippen molar-refractivity contribution in [3.8, 4) is 5.75 Å². The van der Waals surface area contributed by atoms with E-state index in [1.807, 2.05) is 12.1 Å². The Morgan fingerprint density at radius 1 is 1.39 bits per heavy atom. The first-order valence-corrected chi connectivity index (χ1v) is 8.58.